The molecule has 0 bridgehead atoms. The second-order valence-corrected chi connectivity index (χ2v) is 7.51. The molecule has 5 nitrogen and oxygen atoms in total. The van der Waals surface area contributed by atoms with Crippen molar-refractivity contribution in [3.05, 3.63) is 53.2 Å². The number of nitrogens with one attached hydrogen (secondary N) is 1. The van der Waals surface area contributed by atoms with Crippen molar-refractivity contribution in [2.75, 3.05) is 7.11 Å². The van der Waals surface area contributed by atoms with Crippen LogP contribution in [0.4, 0.5) is 4.39 Å². The van der Waals surface area contributed by atoms with Gasteiger partial charge >= 0.3 is 0 Å². The Morgan fingerprint density at radius 2 is 2.00 bits per heavy atom. The molecule has 0 unspecified atom stereocenters. The predicted octanol–water partition coefficient (Wildman–Crippen LogP) is 4.42. The van der Waals surface area contributed by atoms with Gasteiger partial charge in [-0.3, -0.25) is 4.79 Å². The number of halogens is 1. The molecule has 6 heteroatoms. The molecule has 0 aliphatic heterocycles. The average molecular weight is 385 g/mol. The van der Waals surface area contributed by atoms with Crippen LogP contribution in [0.15, 0.2) is 30.6 Å². The zero-order chi connectivity index (χ0) is 20.1. The highest BCUT2D eigenvalue weighted by molar-refractivity contribution is 5.94. The Hall–Kier alpha value is -2.50. The molecule has 0 saturated heterocycles. The smallest absolute Gasteiger partial charge is 0.253 e. The summed E-state index contributed by atoms with van der Waals surface area (Å²) in [5.74, 6) is 0.823. The quantitative estimate of drug-likeness (QED) is 0.748. The maximum absolute atomic E-state index is 13.8. The van der Waals surface area contributed by atoms with E-state index in [2.05, 4.69) is 22.2 Å². The largest absolute Gasteiger partial charge is 0.481 e. The lowest BCUT2D eigenvalue weighted by molar-refractivity contribution is 0.0909. The van der Waals surface area contributed by atoms with Crippen LogP contribution in [0, 0.1) is 18.8 Å². The van der Waals surface area contributed by atoms with Crippen LogP contribution in [0.2, 0.25) is 0 Å². The lowest BCUT2D eigenvalue weighted by atomic mass is 9.75. The molecule has 1 N–H and O–H groups in total. The Balaban J connectivity index is 1.60. The topological polar surface area (TPSA) is 64.1 Å². The van der Waals surface area contributed by atoms with E-state index in [0.29, 0.717) is 28.8 Å². The van der Waals surface area contributed by atoms with Gasteiger partial charge in [0.1, 0.15) is 0 Å². The summed E-state index contributed by atoms with van der Waals surface area (Å²) in [6, 6.07) is 5.49. The minimum Gasteiger partial charge on any atom is -0.481 e. The number of pyridine rings is 2. The van der Waals surface area contributed by atoms with Crippen LogP contribution in [0.25, 0.3) is 0 Å². The molecule has 1 atom stereocenters. The Morgan fingerprint density at radius 3 is 2.61 bits per heavy atom. The van der Waals surface area contributed by atoms with Crippen LogP contribution in [0.1, 0.15) is 66.4 Å². The highest BCUT2D eigenvalue weighted by Crippen LogP contribution is 2.38. The first kappa shape index (κ1) is 20.2. The molecular weight excluding hydrogens is 357 g/mol. The normalized spacial score (nSPS) is 20.4. The van der Waals surface area contributed by atoms with Gasteiger partial charge < -0.3 is 10.1 Å². The Morgan fingerprint density at radius 1 is 1.25 bits per heavy atom. The van der Waals surface area contributed by atoms with Crippen molar-refractivity contribution in [1.82, 2.24) is 15.3 Å². The number of aromatic nitrogens is 2. The molecule has 3 rings (SSSR count). The van der Waals surface area contributed by atoms with Gasteiger partial charge in [-0.15, -0.1) is 0 Å². The third kappa shape index (κ3) is 4.49. The molecule has 0 aromatic carbocycles. The van der Waals surface area contributed by atoms with Crippen molar-refractivity contribution in [2.24, 2.45) is 5.92 Å². The van der Waals surface area contributed by atoms with E-state index in [1.165, 1.54) is 0 Å². The summed E-state index contributed by atoms with van der Waals surface area (Å²) in [6.07, 6.45) is 8.03. The molecule has 0 radical (unpaired) electrons. The van der Waals surface area contributed by atoms with E-state index in [0.717, 1.165) is 37.7 Å². The van der Waals surface area contributed by atoms with Crippen LogP contribution in [-0.2, 0) is 0 Å². The molecular formula is C22H28FN3O2. The molecule has 2 aromatic rings. The fourth-order valence-corrected chi connectivity index (χ4v) is 4.24. The molecule has 2 aromatic heterocycles. The molecule has 150 valence electrons. The summed E-state index contributed by atoms with van der Waals surface area (Å²) >= 11 is 0. The standard InChI is InChI=1S/C22H28FN3O2/c1-4-19(26-22(27)17-9-10-20(28-3)25-13-17)16-7-5-15(6-8-16)18-11-12-24-21(23)14(18)2/h9-13,15-16,19H,4-8H2,1-3H3,(H,26,27)/t15-,16+,19-/m1/s1. The third-order valence-electron chi connectivity index (χ3n) is 5.93. The van der Waals surface area contributed by atoms with Gasteiger partial charge in [0.05, 0.1) is 12.7 Å². The molecule has 1 amide bonds. The van der Waals surface area contributed by atoms with Gasteiger partial charge in [-0.05, 0) is 68.6 Å². The third-order valence-corrected chi connectivity index (χ3v) is 5.93. The van der Waals surface area contributed by atoms with Crippen LogP contribution in [-0.4, -0.2) is 29.0 Å². The Kier molecular flexibility index (Phi) is 6.60. The molecule has 1 fully saturated rings. The number of carbonyl (C=O) groups is 1. The van der Waals surface area contributed by atoms with Crippen LogP contribution >= 0.6 is 0 Å². The molecule has 1 aliphatic carbocycles. The molecule has 28 heavy (non-hydrogen) atoms. The van der Waals surface area contributed by atoms with Crippen LogP contribution in [0.3, 0.4) is 0 Å². The SMILES string of the molecule is CC[C@@H](NC(=O)c1ccc(OC)nc1)[C@H]1CC[C@@H](c2ccnc(F)c2C)CC1. The highest BCUT2D eigenvalue weighted by atomic mass is 19.1. The van der Waals surface area contributed by atoms with Crippen molar-refractivity contribution in [3.63, 3.8) is 0 Å². The summed E-state index contributed by atoms with van der Waals surface area (Å²) in [7, 11) is 1.55. The Bertz CT molecular complexity index is 802. The molecule has 1 saturated carbocycles. The highest BCUT2D eigenvalue weighted by Gasteiger charge is 2.29. The van der Waals surface area contributed by atoms with E-state index >= 15 is 0 Å². The fourth-order valence-electron chi connectivity index (χ4n) is 4.24. The zero-order valence-corrected chi connectivity index (χ0v) is 16.7. The monoisotopic (exact) mass is 385 g/mol. The minimum absolute atomic E-state index is 0.101. The zero-order valence-electron chi connectivity index (χ0n) is 16.7. The van der Waals surface area contributed by atoms with E-state index in [9.17, 15) is 9.18 Å². The predicted molar refractivity (Wildman–Crippen MR) is 106 cm³/mol. The van der Waals surface area contributed by atoms with Gasteiger partial charge in [0, 0.05) is 30.1 Å². The second-order valence-electron chi connectivity index (χ2n) is 7.51. The lowest BCUT2D eigenvalue weighted by Gasteiger charge is -2.34. The van der Waals surface area contributed by atoms with Crippen molar-refractivity contribution < 1.29 is 13.9 Å². The first-order valence-electron chi connectivity index (χ1n) is 9.95. The van der Waals surface area contributed by atoms with Gasteiger partial charge in [0.15, 0.2) is 0 Å². The number of nitrogens with zero attached hydrogens (tertiary/aromatic N) is 2. The second kappa shape index (κ2) is 9.13. The van der Waals surface area contributed by atoms with Crippen molar-refractivity contribution >= 4 is 5.91 Å². The summed E-state index contributed by atoms with van der Waals surface area (Å²) < 4.78 is 18.8. The summed E-state index contributed by atoms with van der Waals surface area (Å²) in [6.45, 7) is 3.91. The minimum atomic E-state index is -0.369. The summed E-state index contributed by atoms with van der Waals surface area (Å²) in [4.78, 5) is 20.4. The molecule has 2 heterocycles. The molecule has 0 spiro atoms. The Labute approximate surface area is 165 Å². The van der Waals surface area contributed by atoms with Crippen molar-refractivity contribution in [3.8, 4) is 5.88 Å². The fraction of sp³-hybridized carbons (Fsp3) is 0.500. The van der Waals surface area contributed by atoms with E-state index in [-0.39, 0.29) is 17.9 Å². The van der Waals surface area contributed by atoms with Gasteiger partial charge in [-0.25, -0.2) is 9.97 Å². The maximum atomic E-state index is 13.8. The summed E-state index contributed by atoms with van der Waals surface area (Å²) in [5, 5.41) is 3.18. The number of carbonyl (C=O) groups excluding carboxylic acids is 1. The number of ether oxygens (including phenoxy) is 1. The van der Waals surface area contributed by atoms with Crippen LogP contribution in [0.5, 0.6) is 5.88 Å². The lowest BCUT2D eigenvalue weighted by Crippen LogP contribution is -2.41. The van der Waals surface area contributed by atoms with Gasteiger partial charge in [-0.1, -0.05) is 6.92 Å². The number of hydrogen-bond donors (Lipinski definition) is 1. The van der Waals surface area contributed by atoms with Gasteiger partial charge in [0.2, 0.25) is 11.8 Å². The maximum Gasteiger partial charge on any atom is 0.253 e. The van der Waals surface area contributed by atoms with E-state index in [4.69, 9.17) is 4.74 Å². The van der Waals surface area contributed by atoms with Gasteiger partial charge in [-0.2, -0.15) is 4.39 Å². The number of amides is 1. The number of methoxy groups -OCH3 is 1. The molecule has 1 aliphatic rings. The van der Waals surface area contributed by atoms with Crippen molar-refractivity contribution in [2.45, 2.75) is 57.9 Å². The van der Waals surface area contributed by atoms with E-state index in [1.54, 1.807) is 31.6 Å². The van der Waals surface area contributed by atoms with Crippen molar-refractivity contribution in [1.29, 1.82) is 0 Å². The number of hydrogen-bond acceptors (Lipinski definition) is 4. The average Bonchev–Trinajstić information content (AvgIpc) is 2.74. The number of rotatable bonds is 6. The van der Waals surface area contributed by atoms with E-state index < -0.39 is 0 Å². The first-order chi connectivity index (χ1) is 13.5. The van der Waals surface area contributed by atoms with Gasteiger partial charge in [0.25, 0.3) is 5.91 Å². The van der Waals surface area contributed by atoms with E-state index in [1.807, 2.05) is 13.0 Å². The first-order valence-corrected chi connectivity index (χ1v) is 9.95. The van der Waals surface area contributed by atoms with Crippen LogP contribution < -0.4 is 10.1 Å². The summed E-state index contributed by atoms with van der Waals surface area (Å²) in [5.41, 5.74) is 2.28.